The number of aliphatic hydroxyl groups is 1. The van der Waals surface area contributed by atoms with Crippen LogP contribution in [0.4, 0.5) is 0 Å². The summed E-state index contributed by atoms with van der Waals surface area (Å²) in [4.78, 5) is 0. The summed E-state index contributed by atoms with van der Waals surface area (Å²) >= 11 is 0. The zero-order valence-electron chi connectivity index (χ0n) is 10.6. The molecule has 0 aliphatic heterocycles. The van der Waals surface area contributed by atoms with Crippen LogP contribution < -0.4 is 5.32 Å². The Morgan fingerprint density at radius 1 is 1.24 bits per heavy atom. The van der Waals surface area contributed by atoms with Gasteiger partial charge in [-0.3, -0.25) is 0 Å². The van der Waals surface area contributed by atoms with Crippen molar-refractivity contribution in [1.29, 1.82) is 0 Å². The molecule has 2 heteroatoms. The second-order valence-electron chi connectivity index (χ2n) is 5.21. The molecular formula is C15H23NO. The van der Waals surface area contributed by atoms with E-state index in [9.17, 15) is 5.11 Å². The van der Waals surface area contributed by atoms with E-state index in [2.05, 4.69) is 12.2 Å². The van der Waals surface area contributed by atoms with E-state index < -0.39 is 0 Å². The van der Waals surface area contributed by atoms with E-state index >= 15 is 0 Å². The number of nitrogens with one attached hydrogen (secondary N) is 1. The molecule has 0 heterocycles. The summed E-state index contributed by atoms with van der Waals surface area (Å²) in [5.74, 6) is 0. The molecule has 2 nitrogen and oxygen atoms in total. The van der Waals surface area contributed by atoms with Crippen LogP contribution in [0.15, 0.2) is 30.3 Å². The fraction of sp³-hybridized carbons (Fsp3) is 0.600. The summed E-state index contributed by atoms with van der Waals surface area (Å²) < 4.78 is 0. The van der Waals surface area contributed by atoms with Gasteiger partial charge >= 0.3 is 0 Å². The third-order valence-electron chi connectivity index (χ3n) is 3.64. The van der Waals surface area contributed by atoms with Crippen molar-refractivity contribution in [2.24, 2.45) is 0 Å². The number of hydrogen-bond donors (Lipinski definition) is 2. The molecular weight excluding hydrogens is 210 g/mol. The molecule has 94 valence electrons. The highest BCUT2D eigenvalue weighted by Crippen LogP contribution is 2.21. The Balaban J connectivity index is 1.79. The molecule has 1 aliphatic rings. The highest BCUT2D eigenvalue weighted by Gasteiger charge is 2.18. The van der Waals surface area contributed by atoms with E-state index in [4.69, 9.17) is 0 Å². The van der Waals surface area contributed by atoms with Gasteiger partial charge in [0.2, 0.25) is 0 Å². The average Bonchev–Trinajstić information content (AvgIpc) is 2.82. The van der Waals surface area contributed by atoms with Gasteiger partial charge < -0.3 is 10.4 Å². The van der Waals surface area contributed by atoms with E-state index in [1.165, 1.54) is 25.7 Å². The molecule has 0 spiro atoms. The standard InChI is InChI=1S/C15H23NO/c1-12(16-14-9-5-6-10-14)11-15(17)13-7-3-2-4-8-13/h2-4,7-8,12,14-17H,5-6,9-11H2,1H3. The van der Waals surface area contributed by atoms with Gasteiger partial charge in [-0.1, -0.05) is 43.2 Å². The number of rotatable bonds is 5. The predicted molar refractivity (Wildman–Crippen MR) is 70.9 cm³/mol. The summed E-state index contributed by atoms with van der Waals surface area (Å²) in [6.45, 7) is 2.17. The fourth-order valence-corrected chi connectivity index (χ4v) is 2.71. The Morgan fingerprint density at radius 3 is 2.53 bits per heavy atom. The monoisotopic (exact) mass is 233 g/mol. The minimum Gasteiger partial charge on any atom is -0.388 e. The van der Waals surface area contributed by atoms with Crippen LogP contribution >= 0.6 is 0 Å². The first-order valence-electron chi connectivity index (χ1n) is 6.75. The van der Waals surface area contributed by atoms with Crippen molar-refractivity contribution in [3.05, 3.63) is 35.9 Å². The lowest BCUT2D eigenvalue weighted by Crippen LogP contribution is -2.35. The second kappa shape index (κ2) is 6.18. The van der Waals surface area contributed by atoms with Crippen molar-refractivity contribution in [3.63, 3.8) is 0 Å². The summed E-state index contributed by atoms with van der Waals surface area (Å²) in [5.41, 5.74) is 1.02. The minimum absolute atomic E-state index is 0.347. The Kier molecular flexibility index (Phi) is 4.57. The summed E-state index contributed by atoms with van der Waals surface area (Å²) in [6, 6.07) is 11.0. The molecule has 0 radical (unpaired) electrons. The molecule has 2 N–H and O–H groups in total. The molecule has 0 bridgehead atoms. The van der Waals surface area contributed by atoms with Crippen LogP contribution in [-0.4, -0.2) is 17.2 Å². The van der Waals surface area contributed by atoms with E-state index in [0.717, 1.165) is 12.0 Å². The van der Waals surface area contributed by atoms with Crippen LogP contribution in [0, 0.1) is 0 Å². The van der Waals surface area contributed by atoms with Crippen LogP contribution in [0.5, 0.6) is 0 Å². The summed E-state index contributed by atoms with van der Waals surface area (Å²) in [6.07, 6.45) is 5.75. The van der Waals surface area contributed by atoms with E-state index in [1.807, 2.05) is 30.3 Å². The molecule has 0 saturated heterocycles. The Bertz CT molecular complexity index is 319. The number of hydrogen-bond acceptors (Lipinski definition) is 2. The maximum absolute atomic E-state index is 10.1. The van der Waals surface area contributed by atoms with Gasteiger partial charge in [-0.15, -0.1) is 0 Å². The van der Waals surface area contributed by atoms with E-state index in [0.29, 0.717) is 12.1 Å². The first kappa shape index (κ1) is 12.6. The summed E-state index contributed by atoms with van der Waals surface area (Å²) in [7, 11) is 0. The lowest BCUT2D eigenvalue weighted by molar-refractivity contribution is 0.151. The van der Waals surface area contributed by atoms with E-state index in [1.54, 1.807) is 0 Å². The highest BCUT2D eigenvalue weighted by atomic mass is 16.3. The maximum atomic E-state index is 10.1. The van der Waals surface area contributed by atoms with Crippen LogP contribution in [0.3, 0.4) is 0 Å². The van der Waals surface area contributed by atoms with Gasteiger partial charge in [0.25, 0.3) is 0 Å². The number of benzene rings is 1. The van der Waals surface area contributed by atoms with Crippen molar-refractivity contribution in [1.82, 2.24) is 5.32 Å². The van der Waals surface area contributed by atoms with Gasteiger partial charge in [0.1, 0.15) is 0 Å². The fourth-order valence-electron chi connectivity index (χ4n) is 2.71. The third-order valence-corrected chi connectivity index (χ3v) is 3.64. The van der Waals surface area contributed by atoms with Crippen molar-refractivity contribution in [3.8, 4) is 0 Å². The van der Waals surface area contributed by atoms with E-state index in [-0.39, 0.29) is 6.10 Å². The highest BCUT2D eigenvalue weighted by molar-refractivity contribution is 5.17. The quantitative estimate of drug-likeness (QED) is 0.819. The summed E-state index contributed by atoms with van der Waals surface area (Å²) in [5, 5.41) is 13.7. The SMILES string of the molecule is CC(CC(O)c1ccccc1)NC1CCCC1. The van der Waals surface area contributed by atoms with Crippen molar-refractivity contribution in [2.75, 3.05) is 0 Å². The van der Waals surface area contributed by atoms with Gasteiger partial charge in [0.05, 0.1) is 6.10 Å². The normalized spacial score (nSPS) is 20.4. The molecule has 17 heavy (non-hydrogen) atoms. The lowest BCUT2D eigenvalue weighted by Gasteiger charge is -2.22. The molecule has 1 aromatic carbocycles. The predicted octanol–water partition coefficient (Wildman–Crippen LogP) is 3.03. The number of aliphatic hydroxyl groups excluding tert-OH is 1. The molecule has 2 rings (SSSR count). The largest absolute Gasteiger partial charge is 0.388 e. The van der Waals surface area contributed by atoms with Gasteiger partial charge in [-0.2, -0.15) is 0 Å². The maximum Gasteiger partial charge on any atom is 0.0804 e. The molecule has 0 amide bonds. The zero-order valence-corrected chi connectivity index (χ0v) is 10.6. The smallest absolute Gasteiger partial charge is 0.0804 e. The topological polar surface area (TPSA) is 32.3 Å². The molecule has 1 fully saturated rings. The first-order valence-corrected chi connectivity index (χ1v) is 6.75. The van der Waals surface area contributed by atoms with Crippen molar-refractivity contribution >= 4 is 0 Å². The lowest BCUT2D eigenvalue weighted by atomic mass is 10.0. The van der Waals surface area contributed by atoms with Gasteiger partial charge in [0.15, 0.2) is 0 Å². The molecule has 1 saturated carbocycles. The molecule has 1 aliphatic carbocycles. The average molecular weight is 233 g/mol. The van der Waals surface area contributed by atoms with Gasteiger partial charge in [-0.05, 0) is 31.7 Å². The van der Waals surface area contributed by atoms with Crippen LogP contribution in [0.1, 0.15) is 50.7 Å². The van der Waals surface area contributed by atoms with Gasteiger partial charge in [0, 0.05) is 12.1 Å². The van der Waals surface area contributed by atoms with Crippen LogP contribution in [0.2, 0.25) is 0 Å². The molecule has 0 aromatic heterocycles. The Labute approximate surface area is 104 Å². The Hall–Kier alpha value is -0.860. The van der Waals surface area contributed by atoms with Crippen molar-refractivity contribution in [2.45, 2.75) is 57.2 Å². The van der Waals surface area contributed by atoms with Crippen LogP contribution in [-0.2, 0) is 0 Å². The third kappa shape index (κ3) is 3.83. The van der Waals surface area contributed by atoms with Crippen LogP contribution in [0.25, 0.3) is 0 Å². The first-order chi connectivity index (χ1) is 8.25. The molecule has 2 unspecified atom stereocenters. The minimum atomic E-state index is -0.347. The zero-order chi connectivity index (χ0) is 12.1. The second-order valence-corrected chi connectivity index (χ2v) is 5.21. The molecule has 2 atom stereocenters. The van der Waals surface area contributed by atoms with Gasteiger partial charge in [-0.25, -0.2) is 0 Å². The molecule has 1 aromatic rings. The Morgan fingerprint density at radius 2 is 1.88 bits per heavy atom. The van der Waals surface area contributed by atoms with Crippen molar-refractivity contribution < 1.29 is 5.11 Å².